The number of halogens is 4. The van der Waals surface area contributed by atoms with Gasteiger partial charge >= 0.3 is 0 Å². The van der Waals surface area contributed by atoms with Crippen LogP contribution in [0.15, 0.2) is 18.2 Å². The Bertz CT molecular complexity index is 340. The summed E-state index contributed by atoms with van der Waals surface area (Å²) in [5.74, 6) is 0. The van der Waals surface area contributed by atoms with Crippen LogP contribution in [-0.4, -0.2) is 5.24 Å². The van der Waals surface area contributed by atoms with Crippen molar-refractivity contribution in [3.8, 4) is 0 Å². The van der Waals surface area contributed by atoms with Crippen LogP contribution in [0, 0.1) is 3.57 Å². The van der Waals surface area contributed by atoms with E-state index < -0.39 is 10.6 Å². The third-order valence-corrected chi connectivity index (χ3v) is 4.05. The lowest BCUT2D eigenvalue weighted by molar-refractivity contribution is -0.111. The predicted octanol–water partition coefficient (Wildman–Crippen LogP) is 3.99. The highest BCUT2D eigenvalue weighted by atomic mass is 127. The quantitative estimate of drug-likeness (QED) is 0.448. The van der Waals surface area contributed by atoms with Gasteiger partial charge in [-0.3, -0.25) is 4.79 Å². The summed E-state index contributed by atoms with van der Waals surface area (Å²) in [4.78, 5) is 10.8. The number of hydrogen-bond acceptors (Lipinski definition) is 1. The zero-order chi connectivity index (χ0) is 10.0. The molecule has 0 N–H and O–H groups in total. The lowest BCUT2D eigenvalue weighted by Gasteiger charge is -2.07. The van der Waals surface area contributed by atoms with Crippen LogP contribution in [0.3, 0.4) is 0 Å². The van der Waals surface area contributed by atoms with Gasteiger partial charge in [-0.1, -0.05) is 23.7 Å². The molecule has 5 heteroatoms. The van der Waals surface area contributed by atoms with Gasteiger partial charge in [0, 0.05) is 3.57 Å². The lowest BCUT2D eigenvalue weighted by atomic mass is 10.2. The molecule has 0 bridgehead atoms. The van der Waals surface area contributed by atoms with E-state index in [1.54, 1.807) is 18.2 Å². The van der Waals surface area contributed by atoms with Gasteiger partial charge in [-0.05, 0) is 45.8 Å². The smallest absolute Gasteiger partial charge is 0.244 e. The number of carbonyl (C=O) groups excluding carboxylic acids is 1. The maximum atomic E-state index is 10.8. The first-order valence-corrected chi connectivity index (χ1v) is 5.58. The molecule has 0 fully saturated rings. The molecule has 1 aromatic carbocycles. The van der Waals surface area contributed by atoms with Crippen LogP contribution in [0.25, 0.3) is 0 Å². The Balaban J connectivity index is 3.15. The second-order valence-corrected chi connectivity index (χ2v) is 4.60. The number of alkyl halides is 1. The first-order chi connectivity index (χ1) is 6.04. The second-order valence-electron chi connectivity index (χ2n) is 2.31. The van der Waals surface area contributed by atoms with E-state index in [0.29, 0.717) is 10.6 Å². The topological polar surface area (TPSA) is 17.1 Å². The summed E-state index contributed by atoms with van der Waals surface area (Å²) in [5, 5.41) is -0.851. The van der Waals surface area contributed by atoms with Gasteiger partial charge in [0.1, 0.15) is 5.38 Å². The zero-order valence-corrected chi connectivity index (χ0v) is 10.7. The van der Waals surface area contributed by atoms with E-state index in [1.165, 1.54) is 0 Å². The van der Waals surface area contributed by atoms with E-state index >= 15 is 0 Å². The molecule has 1 aromatic rings. The van der Waals surface area contributed by atoms with Crippen molar-refractivity contribution in [3.63, 3.8) is 0 Å². The standard InChI is InChI=1S/C8H4Cl3IO/c9-5-3-1-2-4(7(5)12)6(10)8(11)13/h1-3,6H. The van der Waals surface area contributed by atoms with Crippen LogP contribution < -0.4 is 0 Å². The summed E-state index contributed by atoms with van der Waals surface area (Å²) in [5.41, 5.74) is 0.648. The monoisotopic (exact) mass is 348 g/mol. The molecule has 0 spiro atoms. The third-order valence-electron chi connectivity index (χ3n) is 1.45. The molecule has 70 valence electrons. The molecular formula is C8H4Cl3IO. The molecule has 1 rings (SSSR count). The molecule has 1 nitrogen and oxygen atoms in total. The first kappa shape index (κ1) is 11.6. The predicted molar refractivity (Wildman–Crippen MR) is 63.6 cm³/mol. The van der Waals surface area contributed by atoms with Gasteiger partial charge in [0.2, 0.25) is 5.24 Å². The van der Waals surface area contributed by atoms with Gasteiger partial charge in [-0.25, -0.2) is 0 Å². The molecule has 0 radical (unpaired) electrons. The summed E-state index contributed by atoms with van der Waals surface area (Å²) in [6.45, 7) is 0. The number of carbonyl (C=O) groups is 1. The molecule has 1 atom stereocenters. The number of benzene rings is 1. The molecule has 1 unspecified atom stereocenters. The number of rotatable bonds is 2. The Morgan fingerprint density at radius 2 is 2.08 bits per heavy atom. The van der Waals surface area contributed by atoms with E-state index in [1.807, 2.05) is 22.6 Å². The second kappa shape index (κ2) is 4.82. The van der Waals surface area contributed by atoms with Crippen LogP contribution in [0.4, 0.5) is 0 Å². The summed E-state index contributed by atoms with van der Waals surface area (Å²) >= 11 is 18.9. The Morgan fingerprint density at radius 3 is 2.62 bits per heavy atom. The molecule has 0 aromatic heterocycles. The van der Waals surface area contributed by atoms with Crippen molar-refractivity contribution in [3.05, 3.63) is 32.4 Å². The minimum absolute atomic E-state index is 0.571. The largest absolute Gasteiger partial charge is 0.279 e. The fourth-order valence-electron chi connectivity index (χ4n) is 0.838. The van der Waals surface area contributed by atoms with E-state index in [2.05, 4.69) is 0 Å². The van der Waals surface area contributed by atoms with Gasteiger partial charge < -0.3 is 0 Å². The Morgan fingerprint density at radius 1 is 1.46 bits per heavy atom. The minimum atomic E-state index is -0.827. The van der Waals surface area contributed by atoms with E-state index in [0.717, 1.165) is 3.57 Å². The summed E-state index contributed by atoms with van der Waals surface area (Å²) in [7, 11) is 0. The van der Waals surface area contributed by atoms with Crippen LogP contribution in [-0.2, 0) is 4.79 Å². The van der Waals surface area contributed by atoms with E-state index in [9.17, 15) is 4.79 Å². The van der Waals surface area contributed by atoms with Crippen molar-refractivity contribution in [2.24, 2.45) is 0 Å². The van der Waals surface area contributed by atoms with E-state index in [4.69, 9.17) is 34.8 Å². The highest BCUT2D eigenvalue weighted by molar-refractivity contribution is 14.1. The van der Waals surface area contributed by atoms with Gasteiger partial charge in [0.15, 0.2) is 0 Å². The van der Waals surface area contributed by atoms with Crippen molar-refractivity contribution in [2.45, 2.75) is 5.38 Å². The van der Waals surface area contributed by atoms with Gasteiger partial charge in [-0.2, -0.15) is 0 Å². The highest BCUT2D eigenvalue weighted by Gasteiger charge is 2.18. The van der Waals surface area contributed by atoms with Gasteiger partial charge in [-0.15, -0.1) is 11.6 Å². The molecule has 13 heavy (non-hydrogen) atoms. The molecule has 0 saturated heterocycles. The van der Waals surface area contributed by atoms with Crippen LogP contribution in [0.5, 0.6) is 0 Å². The highest BCUT2D eigenvalue weighted by Crippen LogP contribution is 2.31. The van der Waals surface area contributed by atoms with E-state index in [-0.39, 0.29) is 0 Å². The Kier molecular flexibility index (Phi) is 4.29. The normalized spacial score (nSPS) is 12.6. The van der Waals surface area contributed by atoms with Crippen molar-refractivity contribution in [2.75, 3.05) is 0 Å². The fraction of sp³-hybridized carbons (Fsp3) is 0.125. The van der Waals surface area contributed by atoms with Crippen molar-refractivity contribution in [1.82, 2.24) is 0 Å². The maximum absolute atomic E-state index is 10.8. The minimum Gasteiger partial charge on any atom is -0.279 e. The maximum Gasteiger partial charge on any atom is 0.244 e. The summed E-state index contributed by atoms with van der Waals surface area (Å²) in [6.07, 6.45) is 0. The molecule has 0 saturated carbocycles. The summed E-state index contributed by atoms with van der Waals surface area (Å²) < 4.78 is 0.760. The number of hydrogen-bond donors (Lipinski definition) is 0. The zero-order valence-electron chi connectivity index (χ0n) is 6.23. The Hall–Kier alpha value is 0.490. The van der Waals surface area contributed by atoms with Crippen molar-refractivity contribution >= 4 is 62.6 Å². The van der Waals surface area contributed by atoms with Gasteiger partial charge in [0.25, 0.3) is 0 Å². The molecule has 0 amide bonds. The summed E-state index contributed by atoms with van der Waals surface area (Å²) in [6, 6.07) is 5.19. The molecule has 0 aliphatic rings. The average molecular weight is 349 g/mol. The third kappa shape index (κ3) is 2.72. The van der Waals surface area contributed by atoms with Crippen LogP contribution >= 0.6 is 57.4 Å². The molecule has 0 aliphatic carbocycles. The Labute approximate surface area is 104 Å². The average Bonchev–Trinajstić information content (AvgIpc) is 2.08. The van der Waals surface area contributed by atoms with Crippen LogP contribution in [0.2, 0.25) is 5.02 Å². The van der Waals surface area contributed by atoms with Crippen molar-refractivity contribution < 1.29 is 4.79 Å². The molecule has 0 heterocycles. The molecular weight excluding hydrogens is 345 g/mol. The SMILES string of the molecule is O=C(Cl)C(Cl)c1cccc(Cl)c1I. The molecule has 0 aliphatic heterocycles. The van der Waals surface area contributed by atoms with Gasteiger partial charge in [0.05, 0.1) is 5.02 Å². The first-order valence-electron chi connectivity index (χ1n) is 3.31. The lowest BCUT2D eigenvalue weighted by Crippen LogP contribution is -2.01. The fourth-order valence-corrected chi connectivity index (χ4v) is 2.17. The van der Waals surface area contributed by atoms with Crippen molar-refractivity contribution in [1.29, 1.82) is 0 Å². The van der Waals surface area contributed by atoms with Crippen LogP contribution in [0.1, 0.15) is 10.9 Å².